The minimum atomic E-state index is -0.231. The standard InChI is InChI=1S/C17H21FN2O/c1-21-17-9-3-2-6-14(17)13-20(11-5-10-19)16-8-4-7-15(18)12-16/h2-4,6-9,12H,5,10-11,13,19H2,1H3. The second kappa shape index (κ2) is 7.64. The quantitative estimate of drug-likeness (QED) is 0.850. The predicted octanol–water partition coefficient (Wildman–Crippen LogP) is 3.19. The van der Waals surface area contributed by atoms with Gasteiger partial charge in [-0.05, 0) is 37.2 Å². The fraction of sp³-hybridized carbons (Fsp3) is 0.294. The van der Waals surface area contributed by atoms with Crippen LogP contribution in [0.5, 0.6) is 5.75 Å². The van der Waals surface area contributed by atoms with Crippen molar-refractivity contribution in [2.75, 3.05) is 25.1 Å². The van der Waals surface area contributed by atoms with Gasteiger partial charge in [0.25, 0.3) is 0 Å². The van der Waals surface area contributed by atoms with E-state index in [9.17, 15) is 4.39 Å². The molecule has 112 valence electrons. The first-order valence-electron chi connectivity index (χ1n) is 7.07. The third kappa shape index (κ3) is 4.20. The summed E-state index contributed by atoms with van der Waals surface area (Å²) in [6.45, 7) is 2.04. The first-order chi connectivity index (χ1) is 10.2. The smallest absolute Gasteiger partial charge is 0.125 e. The van der Waals surface area contributed by atoms with Crippen molar-refractivity contribution in [3.8, 4) is 5.75 Å². The SMILES string of the molecule is COc1ccccc1CN(CCCN)c1cccc(F)c1. The summed E-state index contributed by atoms with van der Waals surface area (Å²) >= 11 is 0. The molecule has 0 atom stereocenters. The summed E-state index contributed by atoms with van der Waals surface area (Å²) in [4.78, 5) is 2.12. The minimum Gasteiger partial charge on any atom is -0.496 e. The highest BCUT2D eigenvalue weighted by Crippen LogP contribution is 2.23. The number of nitrogens with two attached hydrogens (primary N) is 1. The molecule has 0 radical (unpaired) electrons. The second-order valence-electron chi connectivity index (χ2n) is 4.86. The van der Waals surface area contributed by atoms with Gasteiger partial charge in [0.15, 0.2) is 0 Å². The Labute approximate surface area is 125 Å². The molecular weight excluding hydrogens is 267 g/mol. The Bertz CT molecular complexity index is 574. The van der Waals surface area contributed by atoms with E-state index in [0.29, 0.717) is 13.1 Å². The van der Waals surface area contributed by atoms with E-state index in [1.807, 2.05) is 30.3 Å². The minimum absolute atomic E-state index is 0.231. The van der Waals surface area contributed by atoms with Crippen LogP contribution in [0.3, 0.4) is 0 Å². The Morgan fingerprint density at radius 3 is 2.67 bits per heavy atom. The van der Waals surface area contributed by atoms with E-state index < -0.39 is 0 Å². The molecule has 0 fully saturated rings. The number of ether oxygens (including phenoxy) is 1. The Morgan fingerprint density at radius 1 is 1.14 bits per heavy atom. The lowest BCUT2D eigenvalue weighted by atomic mass is 10.1. The highest BCUT2D eigenvalue weighted by molar-refractivity contribution is 5.48. The van der Waals surface area contributed by atoms with Gasteiger partial charge in [-0.3, -0.25) is 0 Å². The van der Waals surface area contributed by atoms with Crippen molar-refractivity contribution < 1.29 is 9.13 Å². The molecule has 0 saturated heterocycles. The molecular formula is C17H21FN2O. The molecule has 2 rings (SSSR count). The second-order valence-corrected chi connectivity index (χ2v) is 4.86. The zero-order valence-corrected chi connectivity index (χ0v) is 12.3. The molecule has 0 aliphatic rings. The number of hydrogen-bond acceptors (Lipinski definition) is 3. The summed E-state index contributed by atoms with van der Waals surface area (Å²) in [5.41, 5.74) is 7.54. The van der Waals surface area contributed by atoms with Crippen LogP contribution < -0.4 is 15.4 Å². The molecule has 0 saturated carbocycles. The van der Waals surface area contributed by atoms with E-state index in [1.165, 1.54) is 6.07 Å². The number of methoxy groups -OCH3 is 1. The van der Waals surface area contributed by atoms with E-state index >= 15 is 0 Å². The van der Waals surface area contributed by atoms with Gasteiger partial charge in [0.1, 0.15) is 11.6 Å². The van der Waals surface area contributed by atoms with Gasteiger partial charge in [-0.25, -0.2) is 4.39 Å². The maximum absolute atomic E-state index is 13.5. The van der Waals surface area contributed by atoms with Crippen LogP contribution >= 0.6 is 0 Å². The summed E-state index contributed by atoms with van der Waals surface area (Å²) in [6, 6.07) is 14.5. The average Bonchev–Trinajstić information content (AvgIpc) is 2.51. The Hall–Kier alpha value is -2.07. The molecule has 0 aliphatic carbocycles. The first kappa shape index (κ1) is 15.3. The Morgan fingerprint density at radius 2 is 1.95 bits per heavy atom. The molecule has 2 N–H and O–H groups in total. The fourth-order valence-electron chi connectivity index (χ4n) is 2.29. The number of para-hydroxylation sites is 1. The van der Waals surface area contributed by atoms with Crippen molar-refractivity contribution in [3.05, 3.63) is 59.9 Å². The highest BCUT2D eigenvalue weighted by Gasteiger charge is 2.11. The van der Waals surface area contributed by atoms with Gasteiger partial charge in [-0.2, -0.15) is 0 Å². The van der Waals surface area contributed by atoms with Crippen LogP contribution in [-0.4, -0.2) is 20.2 Å². The molecule has 0 amide bonds. The number of hydrogen-bond donors (Lipinski definition) is 1. The molecule has 0 aromatic heterocycles. The molecule has 0 heterocycles. The lowest BCUT2D eigenvalue weighted by Crippen LogP contribution is -2.26. The van der Waals surface area contributed by atoms with Crippen LogP contribution in [0.15, 0.2) is 48.5 Å². The van der Waals surface area contributed by atoms with Crippen LogP contribution in [0.25, 0.3) is 0 Å². The first-order valence-corrected chi connectivity index (χ1v) is 7.07. The summed E-state index contributed by atoms with van der Waals surface area (Å²) in [6.07, 6.45) is 0.853. The third-order valence-corrected chi connectivity index (χ3v) is 3.36. The van der Waals surface area contributed by atoms with E-state index in [4.69, 9.17) is 10.5 Å². The summed E-state index contributed by atoms with van der Waals surface area (Å²) in [5.74, 6) is 0.608. The average molecular weight is 288 g/mol. The zero-order chi connectivity index (χ0) is 15.1. The lowest BCUT2D eigenvalue weighted by molar-refractivity contribution is 0.409. The molecule has 0 aliphatic heterocycles. The van der Waals surface area contributed by atoms with E-state index in [2.05, 4.69) is 4.90 Å². The zero-order valence-electron chi connectivity index (χ0n) is 12.3. The van der Waals surface area contributed by atoms with E-state index in [1.54, 1.807) is 19.2 Å². The van der Waals surface area contributed by atoms with Crippen LogP contribution in [-0.2, 0) is 6.54 Å². The fourth-order valence-corrected chi connectivity index (χ4v) is 2.29. The molecule has 2 aromatic rings. The number of anilines is 1. The van der Waals surface area contributed by atoms with Crippen molar-refractivity contribution in [1.82, 2.24) is 0 Å². The van der Waals surface area contributed by atoms with Crippen molar-refractivity contribution in [1.29, 1.82) is 0 Å². The van der Waals surface area contributed by atoms with Gasteiger partial charge in [-0.15, -0.1) is 0 Å². The molecule has 0 unspecified atom stereocenters. The molecule has 3 nitrogen and oxygen atoms in total. The Kier molecular flexibility index (Phi) is 5.58. The lowest BCUT2D eigenvalue weighted by Gasteiger charge is -2.25. The maximum atomic E-state index is 13.5. The Balaban J connectivity index is 2.24. The van der Waals surface area contributed by atoms with Crippen molar-refractivity contribution in [2.24, 2.45) is 5.73 Å². The van der Waals surface area contributed by atoms with Crippen LogP contribution in [0, 0.1) is 5.82 Å². The molecule has 2 aromatic carbocycles. The molecule has 0 spiro atoms. The molecule has 21 heavy (non-hydrogen) atoms. The van der Waals surface area contributed by atoms with Crippen LogP contribution in [0.1, 0.15) is 12.0 Å². The van der Waals surface area contributed by atoms with E-state index in [0.717, 1.165) is 30.0 Å². The van der Waals surface area contributed by atoms with Gasteiger partial charge in [0, 0.05) is 24.3 Å². The largest absolute Gasteiger partial charge is 0.496 e. The van der Waals surface area contributed by atoms with Gasteiger partial charge in [0.2, 0.25) is 0 Å². The van der Waals surface area contributed by atoms with Crippen molar-refractivity contribution in [3.63, 3.8) is 0 Å². The molecule has 0 bridgehead atoms. The van der Waals surface area contributed by atoms with Gasteiger partial charge in [-0.1, -0.05) is 24.3 Å². The predicted molar refractivity (Wildman–Crippen MR) is 84.1 cm³/mol. The molecule has 4 heteroatoms. The number of halogens is 1. The summed E-state index contributed by atoms with van der Waals surface area (Å²) in [5, 5.41) is 0. The third-order valence-electron chi connectivity index (χ3n) is 3.36. The normalized spacial score (nSPS) is 10.4. The van der Waals surface area contributed by atoms with Gasteiger partial charge >= 0.3 is 0 Å². The number of rotatable bonds is 7. The van der Waals surface area contributed by atoms with Crippen molar-refractivity contribution >= 4 is 5.69 Å². The van der Waals surface area contributed by atoms with Crippen LogP contribution in [0.2, 0.25) is 0 Å². The van der Waals surface area contributed by atoms with Crippen LogP contribution in [0.4, 0.5) is 10.1 Å². The number of benzene rings is 2. The highest BCUT2D eigenvalue weighted by atomic mass is 19.1. The van der Waals surface area contributed by atoms with Gasteiger partial charge in [0.05, 0.1) is 7.11 Å². The monoisotopic (exact) mass is 288 g/mol. The van der Waals surface area contributed by atoms with Crippen molar-refractivity contribution in [2.45, 2.75) is 13.0 Å². The topological polar surface area (TPSA) is 38.5 Å². The van der Waals surface area contributed by atoms with E-state index in [-0.39, 0.29) is 5.82 Å². The van der Waals surface area contributed by atoms with Gasteiger partial charge < -0.3 is 15.4 Å². The maximum Gasteiger partial charge on any atom is 0.125 e. The summed E-state index contributed by atoms with van der Waals surface area (Å²) < 4.78 is 18.8. The summed E-state index contributed by atoms with van der Waals surface area (Å²) in [7, 11) is 1.66. The number of nitrogens with zero attached hydrogens (tertiary/aromatic N) is 1.